The molecule has 0 spiro atoms. The molecule has 0 bridgehead atoms. The van der Waals surface area contributed by atoms with Crippen molar-refractivity contribution in [1.82, 2.24) is 0 Å². The van der Waals surface area contributed by atoms with E-state index in [1.807, 2.05) is 0 Å². The van der Waals surface area contributed by atoms with Gasteiger partial charge in [0.25, 0.3) is 0 Å². The molecule has 0 heterocycles. The van der Waals surface area contributed by atoms with Crippen LogP contribution < -0.4 is 24.8 Å². The fraction of sp³-hybridized carbons (Fsp3) is 0.121. The summed E-state index contributed by atoms with van der Waals surface area (Å²) in [4.78, 5) is 0. The summed E-state index contributed by atoms with van der Waals surface area (Å²) in [5.74, 6) is 0. The Balaban J connectivity index is 0.00000152. The predicted molar refractivity (Wildman–Crippen MR) is 141 cm³/mol. The maximum absolute atomic E-state index is 2.55. The Labute approximate surface area is 234 Å². The zero-order valence-electron chi connectivity index (χ0n) is 20.3. The second kappa shape index (κ2) is 11.8. The van der Waals surface area contributed by atoms with E-state index in [1.54, 1.807) is 12.1 Å². The van der Waals surface area contributed by atoms with Crippen LogP contribution in [0.2, 0.25) is 0 Å². The number of rotatable bonds is 5. The number of fused-ring (bicyclic) bond motifs is 3. The molecule has 6 rings (SSSR count). The molecular weight excluding hydrogens is 558 g/mol. The van der Waals surface area contributed by atoms with Crippen molar-refractivity contribution in [2.45, 2.75) is 23.4 Å². The summed E-state index contributed by atoms with van der Waals surface area (Å²) in [5, 5.41) is 0. The molecular formula is C33H28Cl2Zr. The van der Waals surface area contributed by atoms with Gasteiger partial charge in [0, 0.05) is 0 Å². The first-order valence-electron chi connectivity index (χ1n) is 12.3. The smallest absolute Gasteiger partial charge is 1.00 e. The monoisotopic (exact) mass is 584 g/mol. The second-order valence-electron chi connectivity index (χ2n) is 9.09. The summed E-state index contributed by atoms with van der Waals surface area (Å²) in [6, 6.07) is 40.8. The SMILES string of the molecule is CCC1=[C]([Zr+2](=[C](c2ccccc2)c2ccccc2)[CH]2c3ccccc3-c3ccccc32)CC=C1.[Cl-].[Cl-]. The van der Waals surface area contributed by atoms with Gasteiger partial charge in [0.2, 0.25) is 0 Å². The van der Waals surface area contributed by atoms with Crippen LogP contribution in [0.4, 0.5) is 0 Å². The normalized spacial score (nSPS) is 13.2. The van der Waals surface area contributed by atoms with Gasteiger partial charge < -0.3 is 24.8 Å². The molecule has 0 atom stereocenters. The molecule has 0 nitrogen and oxygen atoms in total. The van der Waals surface area contributed by atoms with Crippen molar-refractivity contribution in [3.8, 4) is 11.1 Å². The van der Waals surface area contributed by atoms with E-state index < -0.39 is 21.3 Å². The van der Waals surface area contributed by atoms with Gasteiger partial charge in [-0.1, -0.05) is 0 Å². The van der Waals surface area contributed by atoms with Crippen LogP contribution in [-0.4, -0.2) is 3.21 Å². The van der Waals surface area contributed by atoms with Gasteiger partial charge in [0.05, 0.1) is 0 Å². The van der Waals surface area contributed by atoms with Gasteiger partial charge in [0.15, 0.2) is 0 Å². The Bertz CT molecular complexity index is 1360. The molecule has 4 aromatic carbocycles. The van der Waals surface area contributed by atoms with E-state index in [9.17, 15) is 0 Å². The summed E-state index contributed by atoms with van der Waals surface area (Å²) in [7, 11) is 0. The third kappa shape index (κ3) is 4.70. The molecule has 4 aromatic rings. The van der Waals surface area contributed by atoms with Crippen molar-refractivity contribution < 1.29 is 46.1 Å². The standard InChI is InChI=1S/C13H9.C13H10.C7H9.2ClH.Zr/c1-3-7-12-10(5-1)9-11-6-2-4-8-13(11)12;1-3-7-12(8-4-1)11-13-9-5-2-6-10-13;1-2-7-5-3-4-6-7;;;/h1-9H;1-10H;3,5H,2,4H2,1H3;2*1H;/q;;;;;+2/p-2. The average molecular weight is 587 g/mol. The molecule has 3 heteroatoms. The van der Waals surface area contributed by atoms with E-state index >= 15 is 0 Å². The molecule has 36 heavy (non-hydrogen) atoms. The van der Waals surface area contributed by atoms with Crippen LogP contribution in [0.15, 0.2) is 130 Å². The molecule has 0 radical (unpaired) electrons. The zero-order chi connectivity index (χ0) is 22.9. The number of hydrogen-bond acceptors (Lipinski definition) is 0. The molecule has 0 N–H and O–H groups in total. The predicted octanol–water partition coefficient (Wildman–Crippen LogP) is 2.28. The third-order valence-electron chi connectivity index (χ3n) is 7.25. The van der Waals surface area contributed by atoms with Gasteiger partial charge in [0.1, 0.15) is 0 Å². The van der Waals surface area contributed by atoms with E-state index in [1.165, 1.54) is 33.4 Å². The Kier molecular flexibility index (Phi) is 8.79. The Morgan fingerprint density at radius 2 is 1.14 bits per heavy atom. The molecule has 0 unspecified atom stereocenters. The van der Waals surface area contributed by atoms with Crippen LogP contribution in [0.1, 0.15) is 45.6 Å². The van der Waals surface area contributed by atoms with Crippen molar-refractivity contribution in [2.75, 3.05) is 0 Å². The van der Waals surface area contributed by atoms with Crippen LogP contribution in [0, 0.1) is 0 Å². The van der Waals surface area contributed by atoms with Crippen molar-refractivity contribution in [1.29, 1.82) is 0 Å². The van der Waals surface area contributed by atoms with Crippen LogP contribution in [0.25, 0.3) is 11.1 Å². The van der Waals surface area contributed by atoms with Crippen molar-refractivity contribution >= 4 is 3.21 Å². The first kappa shape index (κ1) is 26.7. The van der Waals surface area contributed by atoms with Gasteiger partial charge in [-0.3, -0.25) is 0 Å². The van der Waals surface area contributed by atoms with Crippen molar-refractivity contribution in [3.05, 3.63) is 152 Å². The minimum atomic E-state index is -2.55. The van der Waals surface area contributed by atoms with E-state index in [4.69, 9.17) is 0 Å². The van der Waals surface area contributed by atoms with Gasteiger partial charge in [-0.15, -0.1) is 0 Å². The van der Waals surface area contributed by atoms with Crippen LogP contribution in [0.5, 0.6) is 0 Å². The van der Waals surface area contributed by atoms with Gasteiger partial charge in [-0.25, -0.2) is 0 Å². The van der Waals surface area contributed by atoms with Gasteiger partial charge in [-0.05, 0) is 0 Å². The molecule has 0 saturated carbocycles. The fourth-order valence-electron chi connectivity index (χ4n) is 5.79. The van der Waals surface area contributed by atoms with E-state index in [0.29, 0.717) is 3.63 Å². The summed E-state index contributed by atoms with van der Waals surface area (Å²) in [5.41, 5.74) is 10.3. The van der Waals surface area contributed by atoms with Gasteiger partial charge >= 0.3 is 211 Å². The molecule has 0 aliphatic heterocycles. The first-order valence-corrected chi connectivity index (χ1v) is 16.2. The average Bonchev–Trinajstić information content (AvgIpc) is 3.51. The number of allylic oxidation sites excluding steroid dienone is 4. The molecule has 0 aromatic heterocycles. The maximum Gasteiger partial charge on any atom is -1.00 e. The van der Waals surface area contributed by atoms with Gasteiger partial charge in [-0.2, -0.15) is 0 Å². The Hall–Kier alpha value is -2.31. The zero-order valence-corrected chi connectivity index (χ0v) is 24.3. The summed E-state index contributed by atoms with van der Waals surface area (Å²) < 4.78 is 3.88. The quantitative estimate of drug-likeness (QED) is 0.337. The molecule has 0 saturated heterocycles. The summed E-state index contributed by atoms with van der Waals surface area (Å²) in [6.07, 6.45) is 7.05. The summed E-state index contributed by atoms with van der Waals surface area (Å²) in [6.45, 7) is 2.33. The van der Waals surface area contributed by atoms with Crippen LogP contribution >= 0.6 is 0 Å². The molecule has 0 fully saturated rings. The van der Waals surface area contributed by atoms with Crippen LogP contribution in [0.3, 0.4) is 0 Å². The number of halogens is 2. The Morgan fingerprint density at radius 3 is 1.64 bits per heavy atom. The molecule has 0 amide bonds. The third-order valence-corrected chi connectivity index (χ3v) is 15.8. The van der Waals surface area contributed by atoms with Crippen molar-refractivity contribution in [3.63, 3.8) is 0 Å². The van der Waals surface area contributed by atoms with E-state index in [2.05, 4.69) is 128 Å². The largest absolute Gasteiger partial charge is 1.00 e. The number of benzene rings is 4. The number of hydrogen-bond donors (Lipinski definition) is 0. The fourth-order valence-corrected chi connectivity index (χ4v) is 15.5. The molecule has 2 aliphatic carbocycles. The minimum absolute atomic E-state index is 0. The second-order valence-corrected chi connectivity index (χ2v) is 15.3. The van der Waals surface area contributed by atoms with E-state index in [0.717, 1.165) is 12.8 Å². The minimum Gasteiger partial charge on any atom is -1.00 e. The maximum atomic E-state index is 2.41. The van der Waals surface area contributed by atoms with E-state index in [-0.39, 0.29) is 24.8 Å². The summed E-state index contributed by atoms with van der Waals surface area (Å²) >= 11 is -2.55. The Morgan fingerprint density at radius 1 is 0.667 bits per heavy atom. The topological polar surface area (TPSA) is 0 Å². The molecule has 2 aliphatic rings. The molecule has 178 valence electrons. The van der Waals surface area contributed by atoms with Crippen LogP contribution in [-0.2, 0) is 21.3 Å². The first-order chi connectivity index (χ1) is 16.9. The van der Waals surface area contributed by atoms with Crippen molar-refractivity contribution in [2.24, 2.45) is 0 Å².